The van der Waals surface area contributed by atoms with Crippen molar-refractivity contribution in [3.05, 3.63) is 0 Å². The van der Waals surface area contributed by atoms with Gasteiger partial charge in [0.1, 0.15) is 24.9 Å². The number of carbonyl (C=O) groups is 4. The van der Waals surface area contributed by atoms with Crippen molar-refractivity contribution >= 4 is 30.0 Å². The number of aliphatic hydroxyl groups excluding tert-OH is 1. The molecule has 4 unspecified atom stereocenters. The largest absolute Gasteiger partial charge is 0.508 e. The standard InChI is InChI=1S/C21H38N6O8/c1-5-9-33-21(32)35-11-15(26-20(31)34-10-12(2)3)17(29)24-13(4)16(28)25-14-7-6-8-27(18(14)30)19(22)23/h12-15,18,30H,5-11H2,1-4H3,(H3,22,23)(H,24,29)(H,25,28)(H,26,31). The Morgan fingerprint density at radius 2 is 1.77 bits per heavy atom. The Labute approximate surface area is 204 Å². The van der Waals surface area contributed by atoms with Gasteiger partial charge >= 0.3 is 12.2 Å². The van der Waals surface area contributed by atoms with Crippen LogP contribution in [0.25, 0.3) is 0 Å². The number of alkyl carbamates (subject to hydrolysis) is 1. The van der Waals surface area contributed by atoms with Crippen molar-refractivity contribution in [2.75, 3.05) is 26.4 Å². The Hall–Kier alpha value is -3.29. The van der Waals surface area contributed by atoms with Gasteiger partial charge in [0.2, 0.25) is 11.8 Å². The summed E-state index contributed by atoms with van der Waals surface area (Å²) in [6.45, 7) is 6.96. The van der Waals surface area contributed by atoms with E-state index < -0.39 is 55.0 Å². The average Bonchev–Trinajstić information content (AvgIpc) is 2.79. The lowest BCUT2D eigenvalue weighted by Crippen LogP contribution is -2.61. The fourth-order valence-electron chi connectivity index (χ4n) is 3.06. The molecule has 0 aromatic heterocycles. The van der Waals surface area contributed by atoms with Crippen molar-refractivity contribution in [1.29, 1.82) is 5.41 Å². The van der Waals surface area contributed by atoms with Gasteiger partial charge in [-0.15, -0.1) is 0 Å². The second-order valence-electron chi connectivity index (χ2n) is 8.58. The van der Waals surface area contributed by atoms with Gasteiger partial charge in [-0.1, -0.05) is 20.8 Å². The van der Waals surface area contributed by atoms with Crippen LogP contribution in [0.15, 0.2) is 0 Å². The van der Waals surface area contributed by atoms with Gasteiger partial charge in [0.15, 0.2) is 5.96 Å². The zero-order valence-corrected chi connectivity index (χ0v) is 20.7. The number of carbonyl (C=O) groups excluding carboxylic acids is 4. The van der Waals surface area contributed by atoms with E-state index in [1.807, 2.05) is 13.8 Å². The molecule has 14 heteroatoms. The minimum absolute atomic E-state index is 0.0612. The lowest BCUT2D eigenvalue weighted by Gasteiger charge is -2.38. The first kappa shape index (κ1) is 29.7. The maximum Gasteiger partial charge on any atom is 0.508 e. The summed E-state index contributed by atoms with van der Waals surface area (Å²) in [7, 11) is 0. The molecule has 0 aliphatic carbocycles. The third-order valence-corrected chi connectivity index (χ3v) is 4.93. The fraction of sp³-hybridized carbons (Fsp3) is 0.762. The minimum atomic E-state index is -1.35. The summed E-state index contributed by atoms with van der Waals surface area (Å²) in [6.07, 6.45) is -1.45. The number of aliphatic hydroxyl groups is 1. The number of hydrogen-bond acceptors (Lipinski definition) is 9. The zero-order chi connectivity index (χ0) is 26.5. The van der Waals surface area contributed by atoms with Crippen LogP contribution in [0.1, 0.15) is 47.0 Å². The summed E-state index contributed by atoms with van der Waals surface area (Å²) >= 11 is 0. The van der Waals surface area contributed by atoms with E-state index in [1.165, 1.54) is 11.8 Å². The molecule has 3 amide bonds. The molecule has 0 bridgehead atoms. The number of guanidine groups is 1. The Bertz CT molecular complexity index is 749. The summed E-state index contributed by atoms with van der Waals surface area (Å²) in [6, 6.07) is -3.12. The molecule has 35 heavy (non-hydrogen) atoms. The number of piperidine rings is 1. The first-order chi connectivity index (χ1) is 16.5. The Morgan fingerprint density at radius 3 is 2.37 bits per heavy atom. The molecule has 0 spiro atoms. The van der Waals surface area contributed by atoms with Gasteiger partial charge in [0.25, 0.3) is 0 Å². The van der Waals surface area contributed by atoms with E-state index in [1.54, 1.807) is 6.92 Å². The first-order valence-corrected chi connectivity index (χ1v) is 11.6. The number of hydrogen-bond donors (Lipinski definition) is 6. The Balaban J connectivity index is 2.74. The Morgan fingerprint density at radius 1 is 1.09 bits per heavy atom. The molecule has 1 rings (SSSR count). The van der Waals surface area contributed by atoms with Gasteiger partial charge in [-0.05, 0) is 32.1 Å². The molecule has 1 heterocycles. The molecule has 4 atom stereocenters. The lowest BCUT2D eigenvalue weighted by atomic mass is 10.0. The highest BCUT2D eigenvalue weighted by atomic mass is 16.7. The summed E-state index contributed by atoms with van der Waals surface area (Å²) in [5.74, 6) is -1.65. The van der Waals surface area contributed by atoms with Crippen LogP contribution in [0.5, 0.6) is 0 Å². The van der Waals surface area contributed by atoms with Gasteiger partial charge < -0.3 is 45.9 Å². The molecule has 0 radical (unpaired) electrons. The lowest BCUT2D eigenvalue weighted by molar-refractivity contribution is -0.131. The number of ether oxygens (including phenoxy) is 3. The summed E-state index contributed by atoms with van der Waals surface area (Å²) in [5.41, 5.74) is 5.45. The van der Waals surface area contributed by atoms with Gasteiger partial charge in [-0.25, -0.2) is 9.59 Å². The van der Waals surface area contributed by atoms with Crippen LogP contribution in [0.4, 0.5) is 9.59 Å². The number of rotatable bonds is 11. The van der Waals surface area contributed by atoms with Crippen LogP contribution in [-0.4, -0.2) is 90.7 Å². The maximum absolute atomic E-state index is 12.8. The quantitative estimate of drug-likeness (QED) is 0.122. The van der Waals surface area contributed by atoms with Crippen LogP contribution in [0.3, 0.4) is 0 Å². The maximum atomic E-state index is 12.8. The van der Waals surface area contributed by atoms with E-state index in [-0.39, 0.29) is 25.1 Å². The van der Waals surface area contributed by atoms with Gasteiger partial charge in [-0.3, -0.25) is 15.0 Å². The van der Waals surface area contributed by atoms with E-state index in [9.17, 15) is 24.3 Å². The summed E-state index contributed by atoms with van der Waals surface area (Å²) in [5, 5.41) is 25.3. The van der Waals surface area contributed by atoms with Crippen LogP contribution < -0.4 is 21.7 Å². The normalized spacial score (nSPS) is 19.2. The number of amides is 3. The van der Waals surface area contributed by atoms with Crippen LogP contribution in [-0.2, 0) is 23.8 Å². The molecule has 0 aromatic carbocycles. The van der Waals surface area contributed by atoms with E-state index in [2.05, 4.69) is 16.0 Å². The minimum Gasteiger partial charge on any atom is -0.449 e. The van der Waals surface area contributed by atoms with E-state index in [0.717, 1.165) is 0 Å². The van der Waals surface area contributed by atoms with E-state index in [4.69, 9.17) is 25.4 Å². The fourth-order valence-corrected chi connectivity index (χ4v) is 3.06. The molecule has 1 aliphatic heterocycles. The predicted octanol–water partition coefficient (Wildman–Crippen LogP) is -0.402. The molecule has 0 aromatic rings. The van der Waals surface area contributed by atoms with Gasteiger partial charge in [-0.2, -0.15) is 0 Å². The van der Waals surface area contributed by atoms with Crippen molar-refractivity contribution in [3.63, 3.8) is 0 Å². The highest BCUT2D eigenvalue weighted by Crippen LogP contribution is 2.15. The SMILES string of the molecule is CCCOC(=O)OCC(NC(=O)OCC(C)C)C(=O)NC(C)C(=O)NC1CCCN(C(=N)N)C1O. The average molecular weight is 503 g/mol. The Kier molecular flexibility index (Phi) is 12.6. The van der Waals surface area contributed by atoms with Crippen molar-refractivity contribution in [3.8, 4) is 0 Å². The van der Waals surface area contributed by atoms with Crippen LogP contribution in [0, 0.1) is 11.3 Å². The van der Waals surface area contributed by atoms with Crippen LogP contribution in [0.2, 0.25) is 0 Å². The molecule has 7 N–H and O–H groups in total. The van der Waals surface area contributed by atoms with E-state index >= 15 is 0 Å². The second kappa shape index (κ2) is 14.9. The summed E-state index contributed by atoms with van der Waals surface area (Å²) in [4.78, 5) is 50.3. The predicted molar refractivity (Wildman–Crippen MR) is 124 cm³/mol. The number of likely N-dealkylation sites (tertiary alicyclic amines) is 1. The molecule has 1 fully saturated rings. The number of nitrogens with one attached hydrogen (secondary N) is 4. The van der Waals surface area contributed by atoms with Crippen LogP contribution >= 0.6 is 0 Å². The molecule has 1 aliphatic rings. The molecule has 1 saturated heterocycles. The molecular weight excluding hydrogens is 464 g/mol. The number of nitrogens with two attached hydrogens (primary N) is 1. The van der Waals surface area contributed by atoms with Gasteiger partial charge in [0, 0.05) is 6.54 Å². The van der Waals surface area contributed by atoms with Crippen molar-refractivity contribution in [2.24, 2.45) is 11.7 Å². The zero-order valence-electron chi connectivity index (χ0n) is 20.7. The molecular formula is C21H38N6O8. The van der Waals surface area contributed by atoms with Crippen molar-refractivity contribution in [1.82, 2.24) is 20.9 Å². The smallest absolute Gasteiger partial charge is 0.449 e. The van der Waals surface area contributed by atoms with Crippen molar-refractivity contribution < 1.29 is 38.5 Å². The highest BCUT2D eigenvalue weighted by Gasteiger charge is 2.33. The summed E-state index contributed by atoms with van der Waals surface area (Å²) < 4.78 is 14.7. The van der Waals surface area contributed by atoms with Crippen molar-refractivity contribution in [2.45, 2.75) is 71.3 Å². The molecule has 14 nitrogen and oxygen atoms in total. The van der Waals surface area contributed by atoms with Gasteiger partial charge in [0.05, 0.1) is 19.3 Å². The second-order valence-corrected chi connectivity index (χ2v) is 8.58. The third kappa shape index (κ3) is 10.7. The third-order valence-electron chi connectivity index (χ3n) is 4.93. The molecule has 200 valence electrons. The number of nitrogens with zero attached hydrogens (tertiary/aromatic N) is 1. The molecule has 0 saturated carbocycles. The topological polar surface area (TPSA) is 205 Å². The first-order valence-electron chi connectivity index (χ1n) is 11.6. The van der Waals surface area contributed by atoms with E-state index in [0.29, 0.717) is 25.8 Å². The highest BCUT2D eigenvalue weighted by molar-refractivity contribution is 5.91. The monoisotopic (exact) mass is 502 g/mol.